The van der Waals surface area contributed by atoms with E-state index >= 15 is 0 Å². The molecule has 2 aromatic heterocycles. The van der Waals surface area contributed by atoms with Crippen LogP contribution in [0.2, 0.25) is 0 Å². The molecule has 0 aliphatic carbocycles. The smallest absolute Gasteiger partial charge is 0.418 e. The Morgan fingerprint density at radius 2 is 1.85 bits per heavy atom. The van der Waals surface area contributed by atoms with Crippen LogP contribution in [0.1, 0.15) is 27.2 Å². The maximum atomic E-state index is 13.6. The lowest BCUT2D eigenvalue weighted by molar-refractivity contribution is -0.138. The van der Waals surface area contributed by atoms with E-state index in [1.807, 2.05) is 0 Å². The van der Waals surface area contributed by atoms with Crippen LogP contribution in [0.5, 0.6) is 11.6 Å². The third-order valence-corrected chi connectivity index (χ3v) is 6.15. The van der Waals surface area contributed by atoms with Crippen LogP contribution in [0, 0.1) is 24.6 Å². The van der Waals surface area contributed by atoms with Gasteiger partial charge in [0.2, 0.25) is 11.8 Å². The zero-order chi connectivity index (χ0) is 25.4. The number of anilines is 1. The highest BCUT2D eigenvalue weighted by Crippen LogP contribution is 2.37. The van der Waals surface area contributed by atoms with Gasteiger partial charge in [-0.25, -0.2) is 19.0 Å². The normalized spacial score (nSPS) is 13.3. The highest BCUT2D eigenvalue weighted by atomic mass is 32.2. The summed E-state index contributed by atoms with van der Waals surface area (Å²) in [7, 11) is -1.79. The lowest BCUT2D eigenvalue weighted by Crippen LogP contribution is -2.28. The number of carbonyl (C=O) groups excluding carboxylic acids is 1. The Labute approximate surface area is 193 Å². The predicted molar refractivity (Wildman–Crippen MR) is 117 cm³/mol. The van der Waals surface area contributed by atoms with Crippen molar-refractivity contribution in [3.05, 3.63) is 70.9 Å². The molecule has 1 aromatic carbocycles. The number of hydrogen-bond donors (Lipinski definition) is 1. The number of amides is 1. The predicted octanol–water partition coefficient (Wildman–Crippen LogP) is 5.36. The summed E-state index contributed by atoms with van der Waals surface area (Å²) in [5.41, 5.74) is -1.70. The topological polar surface area (TPSA) is 96.2 Å². The first kappa shape index (κ1) is 25.1. The fraction of sp³-hybridized carbons (Fsp3) is 0.227. The maximum Gasteiger partial charge on any atom is 0.418 e. The van der Waals surface area contributed by atoms with Gasteiger partial charge in [0.05, 0.1) is 21.0 Å². The SMILES string of the molecule is Cc1nc(F)ccc1Oc1ncc(C(F)(F)F)c(C)c1C(=O)N(C)c1cccc([S@@](C)(=N)=O)c1. The van der Waals surface area contributed by atoms with Gasteiger partial charge in [-0.15, -0.1) is 0 Å². The number of benzene rings is 1. The Morgan fingerprint density at radius 1 is 1.18 bits per heavy atom. The van der Waals surface area contributed by atoms with Crippen molar-refractivity contribution in [1.82, 2.24) is 9.97 Å². The quantitative estimate of drug-likeness (QED) is 0.379. The van der Waals surface area contributed by atoms with Crippen molar-refractivity contribution in [3.8, 4) is 11.6 Å². The van der Waals surface area contributed by atoms with E-state index in [2.05, 4.69) is 9.97 Å². The molecule has 2 heterocycles. The Hall–Kier alpha value is -3.54. The molecular formula is C22H20F4N4O3S. The summed E-state index contributed by atoms with van der Waals surface area (Å²) < 4.78 is 79.5. The minimum absolute atomic E-state index is 0.00619. The van der Waals surface area contributed by atoms with Crippen molar-refractivity contribution < 1.29 is 31.3 Å². The molecule has 34 heavy (non-hydrogen) atoms. The summed E-state index contributed by atoms with van der Waals surface area (Å²) >= 11 is 0. The van der Waals surface area contributed by atoms with E-state index in [9.17, 15) is 26.6 Å². The lowest BCUT2D eigenvalue weighted by Gasteiger charge is -2.22. The second kappa shape index (κ2) is 9.01. The molecule has 0 fully saturated rings. The van der Waals surface area contributed by atoms with Gasteiger partial charge in [-0.05, 0) is 49.7 Å². The van der Waals surface area contributed by atoms with E-state index in [0.717, 1.165) is 17.9 Å². The average Bonchev–Trinajstić information content (AvgIpc) is 2.73. The van der Waals surface area contributed by atoms with Crippen LogP contribution < -0.4 is 9.64 Å². The van der Waals surface area contributed by atoms with Crippen molar-refractivity contribution in [2.75, 3.05) is 18.2 Å². The van der Waals surface area contributed by atoms with Gasteiger partial charge in [0, 0.05) is 30.1 Å². The van der Waals surface area contributed by atoms with Gasteiger partial charge < -0.3 is 9.64 Å². The van der Waals surface area contributed by atoms with Crippen LogP contribution in [0.25, 0.3) is 0 Å². The lowest BCUT2D eigenvalue weighted by atomic mass is 10.0. The Morgan fingerprint density at radius 3 is 2.44 bits per heavy atom. The summed E-state index contributed by atoms with van der Waals surface area (Å²) in [5, 5.41) is 0. The van der Waals surface area contributed by atoms with E-state index in [0.29, 0.717) is 6.20 Å². The number of hydrogen-bond acceptors (Lipinski definition) is 6. The standard InChI is InChI=1S/C22H20F4N4O3S/c1-12-16(22(24,25)26)11-28-20(33-17-8-9-18(23)29-13(17)2)19(12)21(31)30(3)14-6-5-7-15(10-14)34(4,27)32/h5-11,27H,1-4H3/t34-/m0/s1. The molecule has 7 nitrogen and oxygen atoms in total. The monoisotopic (exact) mass is 496 g/mol. The molecule has 0 saturated heterocycles. The summed E-state index contributed by atoms with van der Waals surface area (Å²) in [5.74, 6) is -2.08. The first-order chi connectivity index (χ1) is 15.7. The molecular weight excluding hydrogens is 476 g/mol. The molecule has 0 bridgehead atoms. The Kier molecular flexibility index (Phi) is 6.65. The molecule has 0 spiro atoms. The number of halogens is 4. The number of aromatic nitrogens is 2. The van der Waals surface area contributed by atoms with E-state index in [1.54, 1.807) is 0 Å². The largest absolute Gasteiger partial charge is 0.436 e. The highest BCUT2D eigenvalue weighted by Gasteiger charge is 2.37. The molecule has 1 amide bonds. The molecule has 1 atom stereocenters. The van der Waals surface area contributed by atoms with Crippen molar-refractivity contribution >= 4 is 21.3 Å². The molecule has 0 radical (unpaired) electrons. The summed E-state index contributed by atoms with van der Waals surface area (Å²) in [6.45, 7) is 2.55. The molecule has 180 valence electrons. The maximum absolute atomic E-state index is 13.6. The third-order valence-electron chi connectivity index (χ3n) is 4.99. The van der Waals surface area contributed by atoms with Gasteiger partial charge in [0.25, 0.3) is 5.91 Å². The second-order valence-corrected chi connectivity index (χ2v) is 9.66. The molecule has 12 heteroatoms. The Bertz CT molecular complexity index is 1380. The van der Waals surface area contributed by atoms with Crippen LogP contribution in [0.4, 0.5) is 23.2 Å². The first-order valence-electron chi connectivity index (χ1n) is 9.70. The molecule has 3 rings (SSSR count). The van der Waals surface area contributed by atoms with Gasteiger partial charge in [0.15, 0.2) is 5.75 Å². The molecule has 1 N–H and O–H groups in total. The van der Waals surface area contributed by atoms with Gasteiger partial charge in [-0.1, -0.05) is 6.07 Å². The number of ether oxygens (including phenoxy) is 1. The van der Waals surface area contributed by atoms with E-state index in [-0.39, 0.29) is 22.0 Å². The number of pyridine rings is 2. The molecule has 0 saturated carbocycles. The van der Waals surface area contributed by atoms with Crippen LogP contribution in [-0.2, 0) is 15.9 Å². The molecule has 0 aliphatic rings. The number of carbonyl (C=O) groups is 1. The second-order valence-electron chi connectivity index (χ2n) is 7.50. The van der Waals surface area contributed by atoms with E-state index < -0.39 is 50.3 Å². The number of aryl methyl sites for hydroxylation is 1. The van der Waals surface area contributed by atoms with Crippen molar-refractivity contribution in [2.24, 2.45) is 0 Å². The Balaban J connectivity index is 2.14. The van der Waals surface area contributed by atoms with Crippen LogP contribution >= 0.6 is 0 Å². The fourth-order valence-corrected chi connectivity index (χ4v) is 3.83. The van der Waals surface area contributed by atoms with Crippen molar-refractivity contribution in [1.29, 1.82) is 4.78 Å². The van der Waals surface area contributed by atoms with E-state index in [1.165, 1.54) is 50.6 Å². The summed E-state index contributed by atoms with van der Waals surface area (Å²) in [4.78, 5) is 21.9. The zero-order valence-electron chi connectivity index (χ0n) is 18.5. The fourth-order valence-electron chi connectivity index (χ4n) is 3.14. The van der Waals surface area contributed by atoms with Gasteiger partial charge in [-0.3, -0.25) is 4.79 Å². The molecule has 0 aliphatic heterocycles. The third kappa shape index (κ3) is 5.16. The highest BCUT2D eigenvalue weighted by molar-refractivity contribution is 7.91. The number of alkyl halides is 3. The molecule has 0 unspecified atom stereocenters. The number of nitrogens with zero attached hydrogens (tertiary/aromatic N) is 3. The van der Waals surface area contributed by atoms with Crippen molar-refractivity contribution in [2.45, 2.75) is 24.9 Å². The summed E-state index contributed by atoms with van der Waals surface area (Å²) in [6.07, 6.45) is -3.02. The van der Waals surface area contributed by atoms with Gasteiger partial charge >= 0.3 is 6.18 Å². The van der Waals surface area contributed by atoms with Gasteiger partial charge in [-0.2, -0.15) is 17.6 Å². The van der Waals surface area contributed by atoms with Crippen LogP contribution in [0.3, 0.4) is 0 Å². The minimum atomic E-state index is -4.78. The minimum Gasteiger partial charge on any atom is -0.436 e. The van der Waals surface area contributed by atoms with Gasteiger partial charge in [0.1, 0.15) is 5.56 Å². The van der Waals surface area contributed by atoms with Crippen molar-refractivity contribution in [3.63, 3.8) is 0 Å². The average molecular weight is 496 g/mol. The van der Waals surface area contributed by atoms with E-state index in [4.69, 9.17) is 9.52 Å². The number of nitrogens with one attached hydrogen (secondary N) is 1. The van der Waals surface area contributed by atoms with Crippen LogP contribution in [0.15, 0.2) is 47.5 Å². The molecule has 3 aromatic rings. The number of rotatable bonds is 5. The first-order valence-corrected chi connectivity index (χ1v) is 11.7. The zero-order valence-corrected chi connectivity index (χ0v) is 19.3. The van der Waals surface area contributed by atoms with Crippen LogP contribution in [-0.4, -0.2) is 33.4 Å². The summed E-state index contributed by atoms with van der Waals surface area (Å²) in [6, 6.07) is 7.98.